The highest BCUT2D eigenvalue weighted by molar-refractivity contribution is 8.77. The highest BCUT2D eigenvalue weighted by atomic mass is 33.1. The molecule has 0 aliphatic rings. The molecule has 0 spiro atoms. The molecule has 17 heavy (non-hydrogen) atoms. The van der Waals surface area contributed by atoms with Crippen molar-refractivity contribution in [3.63, 3.8) is 0 Å². The third-order valence-electron chi connectivity index (χ3n) is 1.71. The SMILES string of the molecule is CC(=O)Oc1ccccc1SSC(C)(C)C#N. The lowest BCUT2D eigenvalue weighted by atomic mass is 10.2. The molecule has 0 saturated heterocycles. The predicted molar refractivity (Wildman–Crippen MR) is 70.9 cm³/mol. The largest absolute Gasteiger partial charge is 0.425 e. The number of hydrogen-bond acceptors (Lipinski definition) is 5. The summed E-state index contributed by atoms with van der Waals surface area (Å²) in [5.41, 5.74) is 0. The Bertz CT molecular complexity index is 452. The Hall–Kier alpha value is -1.12. The zero-order valence-electron chi connectivity index (χ0n) is 9.89. The number of hydrogen-bond donors (Lipinski definition) is 0. The molecule has 0 unspecified atom stereocenters. The minimum absolute atomic E-state index is 0.345. The van der Waals surface area contributed by atoms with Gasteiger partial charge in [0.1, 0.15) is 10.5 Å². The van der Waals surface area contributed by atoms with E-state index in [0.717, 1.165) is 4.90 Å². The quantitative estimate of drug-likeness (QED) is 0.473. The summed E-state index contributed by atoms with van der Waals surface area (Å²) in [5, 5.41) is 8.92. The Balaban J connectivity index is 2.78. The van der Waals surface area contributed by atoms with E-state index in [4.69, 9.17) is 10.00 Å². The number of esters is 1. The lowest BCUT2D eigenvalue weighted by molar-refractivity contribution is -0.132. The van der Waals surface area contributed by atoms with Crippen LogP contribution in [-0.4, -0.2) is 10.7 Å². The number of benzene rings is 1. The van der Waals surface area contributed by atoms with Crippen LogP contribution >= 0.6 is 21.6 Å². The second-order valence-electron chi connectivity index (χ2n) is 3.83. The zero-order valence-corrected chi connectivity index (χ0v) is 11.5. The molecule has 3 nitrogen and oxygen atoms in total. The Morgan fingerprint density at radius 2 is 2.06 bits per heavy atom. The van der Waals surface area contributed by atoms with Crippen molar-refractivity contribution in [2.75, 3.05) is 0 Å². The molecule has 0 aliphatic carbocycles. The van der Waals surface area contributed by atoms with E-state index in [1.165, 1.54) is 28.5 Å². The first kappa shape index (κ1) is 13.9. The van der Waals surface area contributed by atoms with Crippen molar-refractivity contribution in [2.45, 2.75) is 30.4 Å². The Morgan fingerprint density at radius 1 is 1.41 bits per heavy atom. The van der Waals surface area contributed by atoms with Crippen LogP contribution in [0.2, 0.25) is 0 Å². The second-order valence-corrected chi connectivity index (χ2v) is 6.62. The standard InChI is InChI=1S/C12H13NO2S2/c1-9(14)15-10-6-4-5-7-11(10)16-17-12(2,3)8-13/h4-7H,1-3H3. The van der Waals surface area contributed by atoms with Gasteiger partial charge in [0.05, 0.1) is 11.0 Å². The van der Waals surface area contributed by atoms with Crippen LogP contribution in [0.4, 0.5) is 0 Å². The summed E-state index contributed by atoms with van der Waals surface area (Å²) in [7, 11) is 2.87. The smallest absolute Gasteiger partial charge is 0.308 e. The van der Waals surface area contributed by atoms with E-state index >= 15 is 0 Å². The first-order valence-electron chi connectivity index (χ1n) is 4.99. The predicted octanol–water partition coefficient (Wildman–Crippen LogP) is 3.65. The topological polar surface area (TPSA) is 50.1 Å². The number of ether oxygens (including phenoxy) is 1. The Kier molecular flexibility index (Phi) is 4.91. The molecule has 0 heterocycles. The first-order valence-corrected chi connectivity index (χ1v) is 7.14. The highest BCUT2D eigenvalue weighted by Gasteiger charge is 2.19. The van der Waals surface area contributed by atoms with Crippen molar-refractivity contribution < 1.29 is 9.53 Å². The molecule has 0 radical (unpaired) electrons. The van der Waals surface area contributed by atoms with Crippen LogP contribution in [0.25, 0.3) is 0 Å². The van der Waals surface area contributed by atoms with Crippen molar-refractivity contribution in [3.05, 3.63) is 24.3 Å². The van der Waals surface area contributed by atoms with E-state index in [-0.39, 0.29) is 5.97 Å². The normalized spacial score (nSPS) is 10.7. The van der Waals surface area contributed by atoms with E-state index in [0.29, 0.717) is 5.75 Å². The molecule has 0 aromatic heterocycles. The summed E-state index contributed by atoms with van der Waals surface area (Å²) >= 11 is 0. The highest BCUT2D eigenvalue weighted by Crippen LogP contribution is 2.43. The van der Waals surface area contributed by atoms with Gasteiger partial charge < -0.3 is 4.74 Å². The average Bonchev–Trinajstić information content (AvgIpc) is 2.27. The lowest BCUT2D eigenvalue weighted by Gasteiger charge is -2.14. The van der Waals surface area contributed by atoms with Crippen LogP contribution < -0.4 is 4.74 Å². The van der Waals surface area contributed by atoms with Gasteiger partial charge in [-0.1, -0.05) is 33.7 Å². The molecule has 0 aliphatic heterocycles. The van der Waals surface area contributed by atoms with Crippen molar-refractivity contribution in [1.82, 2.24) is 0 Å². The Labute approximate surface area is 109 Å². The molecule has 5 heteroatoms. The maximum atomic E-state index is 10.9. The van der Waals surface area contributed by atoms with Crippen LogP contribution in [0, 0.1) is 11.3 Å². The van der Waals surface area contributed by atoms with Crippen LogP contribution in [0.3, 0.4) is 0 Å². The van der Waals surface area contributed by atoms with Crippen LogP contribution in [0.15, 0.2) is 29.2 Å². The van der Waals surface area contributed by atoms with E-state index in [1.807, 2.05) is 32.0 Å². The molecule has 0 atom stereocenters. The number of para-hydroxylation sites is 1. The second kappa shape index (κ2) is 5.99. The molecule has 0 N–H and O–H groups in total. The monoisotopic (exact) mass is 267 g/mol. The number of rotatable bonds is 4. The molecule has 90 valence electrons. The summed E-state index contributed by atoms with van der Waals surface area (Å²) < 4.78 is 4.61. The van der Waals surface area contributed by atoms with Crippen LogP contribution in [0.1, 0.15) is 20.8 Å². The number of nitriles is 1. The summed E-state index contributed by atoms with van der Waals surface area (Å²) in [5.74, 6) is 0.189. The zero-order chi connectivity index (χ0) is 12.9. The molecule has 0 saturated carbocycles. The number of carbonyl (C=O) groups is 1. The summed E-state index contributed by atoms with van der Waals surface area (Å²) in [4.78, 5) is 11.8. The molecular weight excluding hydrogens is 254 g/mol. The summed E-state index contributed by atoms with van der Waals surface area (Å²) in [6.07, 6.45) is 0. The summed E-state index contributed by atoms with van der Waals surface area (Å²) in [6, 6.07) is 9.49. The van der Waals surface area contributed by atoms with Gasteiger partial charge in [-0.3, -0.25) is 4.79 Å². The van der Waals surface area contributed by atoms with Gasteiger partial charge >= 0.3 is 5.97 Å². The fraction of sp³-hybridized carbons (Fsp3) is 0.333. The van der Waals surface area contributed by atoms with Gasteiger partial charge in [-0.2, -0.15) is 5.26 Å². The van der Waals surface area contributed by atoms with Gasteiger partial charge in [0.2, 0.25) is 0 Å². The van der Waals surface area contributed by atoms with E-state index in [1.54, 1.807) is 6.07 Å². The van der Waals surface area contributed by atoms with E-state index < -0.39 is 4.75 Å². The van der Waals surface area contributed by atoms with Gasteiger partial charge in [0.25, 0.3) is 0 Å². The minimum Gasteiger partial charge on any atom is -0.425 e. The van der Waals surface area contributed by atoms with Gasteiger partial charge in [-0.15, -0.1) is 0 Å². The lowest BCUT2D eigenvalue weighted by Crippen LogP contribution is -2.08. The van der Waals surface area contributed by atoms with Crippen molar-refractivity contribution in [1.29, 1.82) is 5.26 Å². The Morgan fingerprint density at radius 3 is 2.65 bits per heavy atom. The molecule has 1 rings (SSSR count). The van der Waals surface area contributed by atoms with E-state index in [2.05, 4.69) is 6.07 Å². The minimum atomic E-state index is -0.478. The molecule has 0 amide bonds. The molecule has 1 aromatic carbocycles. The van der Waals surface area contributed by atoms with Crippen molar-refractivity contribution in [2.24, 2.45) is 0 Å². The van der Waals surface area contributed by atoms with Crippen LogP contribution in [0.5, 0.6) is 5.75 Å². The van der Waals surface area contributed by atoms with Gasteiger partial charge in [0, 0.05) is 6.92 Å². The third-order valence-corrected chi connectivity index (χ3v) is 4.86. The van der Waals surface area contributed by atoms with Crippen LogP contribution in [-0.2, 0) is 4.79 Å². The maximum absolute atomic E-state index is 10.9. The third kappa shape index (κ3) is 4.72. The van der Waals surface area contributed by atoms with Gasteiger partial charge in [0.15, 0.2) is 0 Å². The fourth-order valence-electron chi connectivity index (χ4n) is 0.926. The van der Waals surface area contributed by atoms with Gasteiger partial charge in [-0.25, -0.2) is 0 Å². The fourth-order valence-corrected chi connectivity index (χ4v) is 3.01. The molecule has 1 aromatic rings. The first-order chi connectivity index (χ1) is 7.94. The van der Waals surface area contributed by atoms with Crippen molar-refractivity contribution in [3.8, 4) is 11.8 Å². The molecule has 0 bridgehead atoms. The maximum Gasteiger partial charge on any atom is 0.308 e. The summed E-state index contributed by atoms with van der Waals surface area (Å²) in [6.45, 7) is 5.06. The van der Waals surface area contributed by atoms with Crippen molar-refractivity contribution >= 4 is 27.6 Å². The molecular formula is C12H13NO2S2. The van der Waals surface area contributed by atoms with Gasteiger partial charge in [-0.05, 0) is 26.0 Å². The number of nitrogens with zero attached hydrogens (tertiary/aromatic N) is 1. The average molecular weight is 267 g/mol. The molecule has 0 fully saturated rings. The van der Waals surface area contributed by atoms with E-state index in [9.17, 15) is 4.79 Å². The number of carbonyl (C=O) groups excluding carboxylic acids is 1.